The Morgan fingerprint density at radius 1 is 1.00 bits per heavy atom. The summed E-state index contributed by atoms with van der Waals surface area (Å²) in [5.74, 6) is -0.743. The molecule has 7 nitrogen and oxygen atoms in total. The molecule has 0 spiro atoms. The Kier molecular flexibility index (Phi) is 7.77. The largest absolute Gasteiger partial charge is 0.504 e. The molecule has 0 aromatic heterocycles. The van der Waals surface area contributed by atoms with E-state index in [2.05, 4.69) is 31.8 Å². The van der Waals surface area contributed by atoms with Gasteiger partial charge in [-0.15, -0.1) is 0 Å². The van der Waals surface area contributed by atoms with Crippen molar-refractivity contribution in [3.8, 4) is 11.5 Å². The number of hydrogen-bond donors (Lipinski definition) is 3. The van der Waals surface area contributed by atoms with E-state index >= 15 is 0 Å². The van der Waals surface area contributed by atoms with Gasteiger partial charge in [0, 0.05) is 10.0 Å². The predicted molar refractivity (Wildman–Crippen MR) is 126 cm³/mol. The molecule has 0 atom stereocenters. The highest BCUT2D eigenvalue weighted by molar-refractivity contribution is 9.10. The van der Waals surface area contributed by atoms with Crippen LogP contribution in [0, 0.1) is 0 Å². The number of rotatable bonds is 7. The Labute approximate surface area is 193 Å². The summed E-state index contributed by atoms with van der Waals surface area (Å²) in [7, 11) is 1.44. The molecule has 0 aliphatic rings. The van der Waals surface area contributed by atoms with Crippen LogP contribution in [0.5, 0.6) is 11.5 Å². The molecule has 0 aliphatic heterocycles. The molecule has 0 fully saturated rings. The smallest absolute Gasteiger partial charge is 0.287 e. The Morgan fingerprint density at radius 2 is 1.78 bits per heavy atom. The Hall–Kier alpha value is -3.91. The first kappa shape index (κ1) is 22.8. The average Bonchev–Trinajstić information content (AvgIpc) is 2.80. The van der Waals surface area contributed by atoms with Crippen LogP contribution in [0.15, 0.2) is 88.1 Å². The van der Waals surface area contributed by atoms with Crippen molar-refractivity contribution < 1.29 is 19.4 Å². The van der Waals surface area contributed by atoms with Gasteiger partial charge in [-0.25, -0.2) is 5.43 Å². The van der Waals surface area contributed by atoms with Gasteiger partial charge in [0.1, 0.15) is 5.70 Å². The zero-order chi connectivity index (χ0) is 22.9. The SMILES string of the molecule is COc1cc(/C=N/NC(=O)/C(=C/c2cccc(Br)c2)NC(=O)c2ccccc2)ccc1O. The maximum Gasteiger partial charge on any atom is 0.287 e. The van der Waals surface area contributed by atoms with Gasteiger partial charge in [-0.2, -0.15) is 5.10 Å². The second-order valence-corrected chi connectivity index (χ2v) is 7.48. The van der Waals surface area contributed by atoms with E-state index in [9.17, 15) is 14.7 Å². The molecular formula is C24H20BrN3O4. The van der Waals surface area contributed by atoms with Crippen molar-refractivity contribution in [3.63, 3.8) is 0 Å². The topological polar surface area (TPSA) is 100 Å². The minimum absolute atomic E-state index is 0.00319. The van der Waals surface area contributed by atoms with E-state index in [4.69, 9.17) is 4.74 Å². The van der Waals surface area contributed by atoms with Crippen LogP contribution in [-0.4, -0.2) is 30.2 Å². The number of aromatic hydroxyl groups is 1. The van der Waals surface area contributed by atoms with Crippen LogP contribution >= 0.6 is 15.9 Å². The van der Waals surface area contributed by atoms with E-state index in [1.807, 2.05) is 18.2 Å². The number of nitrogens with zero attached hydrogens (tertiary/aromatic N) is 1. The fourth-order valence-corrected chi connectivity index (χ4v) is 3.12. The zero-order valence-electron chi connectivity index (χ0n) is 17.1. The van der Waals surface area contributed by atoms with Crippen LogP contribution in [0.25, 0.3) is 6.08 Å². The molecule has 3 aromatic carbocycles. The molecule has 162 valence electrons. The number of hydrazone groups is 1. The third kappa shape index (κ3) is 6.29. The van der Waals surface area contributed by atoms with Gasteiger partial charge in [0.05, 0.1) is 13.3 Å². The first-order valence-electron chi connectivity index (χ1n) is 9.50. The summed E-state index contributed by atoms with van der Waals surface area (Å²) in [6, 6.07) is 20.5. The second kappa shape index (κ2) is 10.9. The van der Waals surface area contributed by atoms with Crippen molar-refractivity contribution in [2.45, 2.75) is 0 Å². The molecular weight excluding hydrogens is 474 g/mol. The number of phenols is 1. The Bertz CT molecular complexity index is 1180. The van der Waals surface area contributed by atoms with E-state index < -0.39 is 11.8 Å². The lowest BCUT2D eigenvalue weighted by molar-refractivity contribution is -0.117. The van der Waals surface area contributed by atoms with Crippen LogP contribution in [-0.2, 0) is 4.79 Å². The van der Waals surface area contributed by atoms with E-state index in [1.165, 1.54) is 19.4 Å². The first-order chi connectivity index (χ1) is 15.5. The summed E-state index contributed by atoms with van der Waals surface area (Å²) in [6.07, 6.45) is 2.95. The number of carbonyl (C=O) groups is 2. The third-order valence-electron chi connectivity index (χ3n) is 4.27. The number of phenolic OH excluding ortho intramolecular Hbond substituents is 1. The molecule has 0 saturated heterocycles. The van der Waals surface area contributed by atoms with Crippen LogP contribution in [0.2, 0.25) is 0 Å². The quantitative estimate of drug-likeness (QED) is 0.262. The van der Waals surface area contributed by atoms with Crippen LogP contribution in [0.3, 0.4) is 0 Å². The van der Waals surface area contributed by atoms with Crippen molar-refractivity contribution in [2.75, 3.05) is 7.11 Å². The molecule has 3 rings (SSSR count). The zero-order valence-corrected chi connectivity index (χ0v) is 18.7. The summed E-state index contributed by atoms with van der Waals surface area (Å²) in [5.41, 5.74) is 4.17. The molecule has 0 saturated carbocycles. The second-order valence-electron chi connectivity index (χ2n) is 6.56. The van der Waals surface area contributed by atoms with Gasteiger partial charge in [-0.1, -0.05) is 46.3 Å². The average molecular weight is 494 g/mol. The summed E-state index contributed by atoms with van der Waals surface area (Å²) >= 11 is 3.39. The van der Waals surface area contributed by atoms with Gasteiger partial charge in [0.2, 0.25) is 0 Å². The van der Waals surface area contributed by atoms with E-state index in [0.29, 0.717) is 16.7 Å². The van der Waals surface area contributed by atoms with E-state index in [0.717, 1.165) is 4.47 Å². The lowest BCUT2D eigenvalue weighted by Gasteiger charge is -2.09. The van der Waals surface area contributed by atoms with Gasteiger partial charge in [-0.3, -0.25) is 9.59 Å². The molecule has 0 bridgehead atoms. The highest BCUT2D eigenvalue weighted by Gasteiger charge is 2.14. The van der Waals surface area contributed by atoms with Gasteiger partial charge in [0.25, 0.3) is 11.8 Å². The van der Waals surface area contributed by atoms with Crippen LogP contribution in [0.1, 0.15) is 21.5 Å². The predicted octanol–water partition coefficient (Wildman–Crippen LogP) is 4.08. The summed E-state index contributed by atoms with van der Waals surface area (Å²) in [4.78, 5) is 25.4. The van der Waals surface area contributed by atoms with Crippen LogP contribution in [0.4, 0.5) is 0 Å². The molecule has 2 amide bonds. The normalized spacial score (nSPS) is 11.2. The third-order valence-corrected chi connectivity index (χ3v) is 4.77. The molecule has 0 aliphatic carbocycles. The minimum Gasteiger partial charge on any atom is -0.504 e. The molecule has 32 heavy (non-hydrogen) atoms. The van der Waals surface area contributed by atoms with Gasteiger partial charge in [-0.05, 0) is 59.7 Å². The number of carbonyl (C=O) groups excluding carboxylic acids is 2. The number of halogens is 1. The Balaban J connectivity index is 1.80. The van der Waals surface area contributed by atoms with Crippen molar-refractivity contribution in [1.29, 1.82) is 0 Å². The summed E-state index contributed by atoms with van der Waals surface area (Å²) in [5, 5.41) is 16.3. The maximum absolute atomic E-state index is 12.8. The first-order valence-corrected chi connectivity index (χ1v) is 10.3. The van der Waals surface area contributed by atoms with Crippen LogP contribution < -0.4 is 15.5 Å². The van der Waals surface area contributed by atoms with Crippen molar-refractivity contribution in [3.05, 3.63) is 99.7 Å². The highest BCUT2D eigenvalue weighted by atomic mass is 79.9. The minimum atomic E-state index is -0.601. The van der Waals surface area contributed by atoms with Gasteiger partial charge in [0.15, 0.2) is 11.5 Å². The number of nitrogens with one attached hydrogen (secondary N) is 2. The maximum atomic E-state index is 12.8. The lowest BCUT2D eigenvalue weighted by Crippen LogP contribution is -2.32. The molecule has 3 N–H and O–H groups in total. The summed E-state index contributed by atoms with van der Waals surface area (Å²) in [6.45, 7) is 0. The van der Waals surface area contributed by atoms with Crippen molar-refractivity contribution >= 4 is 40.0 Å². The number of methoxy groups -OCH3 is 1. The summed E-state index contributed by atoms with van der Waals surface area (Å²) < 4.78 is 5.89. The fourth-order valence-electron chi connectivity index (χ4n) is 2.71. The van der Waals surface area contributed by atoms with Crippen molar-refractivity contribution in [1.82, 2.24) is 10.7 Å². The number of hydrogen-bond acceptors (Lipinski definition) is 5. The Morgan fingerprint density at radius 3 is 2.50 bits per heavy atom. The van der Waals surface area contributed by atoms with E-state index in [-0.39, 0.29) is 17.2 Å². The van der Waals surface area contributed by atoms with Crippen molar-refractivity contribution in [2.24, 2.45) is 5.10 Å². The van der Waals surface area contributed by atoms with E-state index in [1.54, 1.807) is 54.6 Å². The lowest BCUT2D eigenvalue weighted by atomic mass is 10.1. The van der Waals surface area contributed by atoms with Gasteiger partial charge < -0.3 is 15.2 Å². The standard InChI is InChI=1S/C24H20BrN3O4/c1-32-22-14-17(10-11-21(22)29)15-26-28-24(31)20(13-16-6-5-9-19(25)12-16)27-23(30)18-7-3-2-4-8-18/h2-15,29H,1H3,(H,27,30)(H,28,31)/b20-13-,26-15+. The monoisotopic (exact) mass is 493 g/mol. The molecule has 3 aromatic rings. The molecule has 8 heteroatoms. The molecule has 0 heterocycles. The number of ether oxygens (including phenoxy) is 1. The highest BCUT2D eigenvalue weighted by Crippen LogP contribution is 2.25. The number of benzene rings is 3. The molecule has 0 radical (unpaired) electrons. The van der Waals surface area contributed by atoms with Gasteiger partial charge >= 0.3 is 0 Å². The fraction of sp³-hybridized carbons (Fsp3) is 0.0417. The molecule has 0 unspecified atom stereocenters. The number of amides is 2.